The Morgan fingerprint density at radius 3 is 2.64 bits per heavy atom. The van der Waals surface area contributed by atoms with Gasteiger partial charge >= 0.3 is 0 Å². The van der Waals surface area contributed by atoms with Crippen molar-refractivity contribution < 1.29 is 9.21 Å². The van der Waals surface area contributed by atoms with Crippen LogP contribution in [-0.2, 0) is 11.3 Å². The molecule has 0 aliphatic heterocycles. The van der Waals surface area contributed by atoms with Gasteiger partial charge in [0.2, 0.25) is 17.7 Å². The number of carbonyl (C=O) groups is 1. The number of benzene rings is 2. The van der Waals surface area contributed by atoms with Crippen LogP contribution >= 0.6 is 0 Å². The lowest BCUT2D eigenvalue weighted by atomic mass is 10.2. The first-order chi connectivity index (χ1) is 12.2. The number of nitrogens with one attached hydrogen (secondary N) is 2. The van der Waals surface area contributed by atoms with Gasteiger partial charge in [0.05, 0.1) is 6.54 Å². The van der Waals surface area contributed by atoms with Crippen LogP contribution in [0.5, 0.6) is 0 Å². The van der Waals surface area contributed by atoms with Gasteiger partial charge in [-0.2, -0.15) is 0 Å². The fraction of sp³-hybridized carbons (Fsp3) is 0.211. The average Bonchev–Trinajstić information content (AvgIpc) is 3.10. The van der Waals surface area contributed by atoms with Gasteiger partial charge in [0.25, 0.3) is 0 Å². The van der Waals surface area contributed by atoms with Crippen molar-refractivity contribution in [3.8, 4) is 11.5 Å². The Hall–Kier alpha value is -3.15. The van der Waals surface area contributed by atoms with Crippen molar-refractivity contribution in [3.05, 3.63) is 60.5 Å². The molecule has 0 aliphatic carbocycles. The standard InChI is InChI=1S/C19H20N4O2/c1-2-7-17(24)21-16-11-6-10-15(12-16)20-13-18-22-23-19(25-18)14-8-4-3-5-9-14/h3-6,8-12,20H,2,7,13H2,1H3,(H,21,24). The molecule has 128 valence electrons. The molecule has 0 atom stereocenters. The highest BCUT2D eigenvalue weighted by Crippen LogP contribution is 2.19. The van der Waals surface area contributed by atoms with Crippen LogP contribution in [0.2, 0.25) is 0 Å². The lowest BCUT2D eigenvalue weighted by Crippen LogP contribution is -2.10. The fourth-order valence-electron chi connectivity index (χ4n) is 2.36. The van der Waals surface area contributed by atoms with E-state index in [1.807, 2.05) is 61.5 Å². The van der Waals surface area contributed by atoms with Gasteiger partial charge in [0.1, 0.15) is 0 Å². The second kappa shape index (κ2) is 8.10. The molecule has 0 radical (unpaired) electrons. The zero-order valence-corrected chi connectivity index (χ0v) is 14.0. The van der Waals surface area contributed by atoms with E-state index in [0.717, 1.165) is 23.4 Å². The van der Waals surface area contributed by atoms with Gasteiger partial charge in [-0.05, 0) is 36.8 Å². The van der Waals surface area contributed by atoms with Gasteiger partial charge in [0, 0.05) is 23.4 Å². The van der Waals surface area contributed by atoms with E-state index < -0.39 is 0 Å². The summed E-state index contributed by atoms with van der Waals surface area (Å²) in [6.45, 7) is 2.39. The van der Waals surface area contributed by atoms with Crippen molar-refractivity contribution in [2.45, 2.75) is 26.3 Å². The number of carbonyl (C=O) groups excluding carboxylic acids is 1. The Bertz CT molecular complexity index is 830. The van der Waals surface area contributed by atoms with Gasteiger partial charge in [-0.1, -0.05) is 31.2 Å². The predicted octanol–water partition coefficient (Wildman–Crippen LogP) is 4.09. The van der Waals surface area contributed by atoms with E-state index in [1.54, 1.807) is 0 Å². The highest BCUT2D eigenvalue weighted by atomic mass is 16.4. The third-order valence-electron chi connectivity index (χ3n) is 3.55. The third kappa shape index (κ3) is 4.67. The number of anilines is 2. The van der Waals surface area contributed by atoms with E-state index in [0.29, 0.717) is 24.7 Å². The van der Waals surface area contributed by atoms with Crippen LogP contribution in [0.1, 0.15) is 25.7 Å². The molecule has 3 rings (SSSR count). The molecular weight excluding hydrogens is 316 g/mol. The van der Waals surface area contributed by atoms with Crippen LogP contribution < -0.4 is 10.6 Å². The maximum Gasteiger partial charge on any atom is 0.247 e. The van der Waals surface area contributed by atoms with Gasteiger partial charge in [-0.25, -0.2) is 0 Å². The van der Waals surface area contributed by atoms with Crippen molar-refractivity contribution in [2.75, 3.05) is 10.6 Å². The molecule has 0 bridgehead atoms. The predicted molar refractivity (Wildman–Crippen MR) is 97.0 cm³/mol. The van der Waals surface area contributed by atoms with E-state index in [9.17, 15) is 4.79 Å². The zero-order valence-electron chi connectivity index (χ0n) is 14.0. The average molecular weight is 336 g/mol. The van der Waals surface area contributed by atoms with Crippen molar-refractivity contribution in [1.82, 2.24) is 10.2 Å². The highest BCUT2D eigenvalue weighted by molar-refractivity contribution is 5.91. The number of nitrogens with zero attached hydrogens (tertiary/aromatic N) is 2. The fourth-order valence-corrected chi connectivity index (χ4v) is 2.36. The number of aromatic nitrogens is 2. The minimum Gasteiger partial charge on any atom is -0.419 e. The lowest BCUT2D eigenvalue weighted by Gasteiger charge is -2.08. The Kier molecular flexibility index (Phi) is 5.41. The van der Waals surface area contributed by atoms with Gasteiger partial charge in [0.15, 0.2) is 0 Å². The topological polar surface area (TPSA) is 80.0 Å². The Morgan fingerprint density at radius 1 is 1.04 bits per heavy atom. The summed E-state index contributed by atoms with van der Waals surface area (Å²) in [6.07, 6.45) is 1.34. The zero-order chi connectivity index (χ0) is 17.5. The van der Waals surface area contributed by atoms with Crippen molar-refractivity contribution in [2.24, 2.45) is 0 Å². The molecule has 0 aliphatic rings. The first-order valence-electron chi connectivity index (χ1n) is 8.26. The van der Waals surface area contributed by atoms with Crippen molar-refractivity contribution in [3.63, 3.8) is 0 Å². The molecule has 0 spiro atoms. The molecule has 0 unspecified atom stereocenters. The summed E-state index contributed by atoms with van der Waals surface area (Å²) in [5.41, 5.74) is 2.52. The number of amides is 1. The van der Waals surface area contributed by atoms with E-state index >= 15 is 0 Å². The van der Waals surface area contributed by atoms with E-state index in [2.05, 4.69) is 20.8 Å². The molecule has 0 fully saturated rings. The second-order valence-corrected chi connectivity index (χ2v) is 5.60. The summed E-state index contributed by atoms with van der Waals surface area (Å²) < 4.78 is 5.66. The molecule has 25 heavy (non-hydrogen) atoms. The smallest absolute Gasteiger partial charge is 0.247 e. The van der Waals surface area contributed by atoms with Crippen LogP contribution in [-0.4, -0.2) is 16.1 Å². The monoisotopic (exact) mass is 336 g/mol. The number of hydrogen-bond donors (Lipinski definition) is 2. The summed E-state index contributed by atoms with van der Waals surface area (Å²) in [7, 11) is 0. The molecule has 1 heterocycles. The van der Waals surface area contributed by atoms with Crippen LogP contribution in [0.25, 0.3) is 11.5 Å². The summed E-state index contributed by atoms with van der Waals surface area (Å²) in [6, 6.07) is 17.2. The van der Waals surface area contributed by atoms with Gasteiger partial charge in [-0.3, -0.25) is 4.79 Å². The first kappa shape index (κ1) is 16.7. The highest BCUT2D eigenvalue weighted by Gasteiger charge is 2.08. The first-order valence-corrected chi connectivity index (χ1v) is 8.26. The van der Waals surface area contributed by atoms with Crippen LogP contribution in [0.3, 0.4) is 0 Å². The van der Waals surface area contributed by atoms with E-state index in [4.69, 9.17) is 4.42 Å². The molecule has 1 aromatic heterocycles. The second-order valence-electron chi connectivity index (χ2n) is 5.60. The SMILES string of the molecule is CCCC(=O)Nc1cccc(NCc2nnc(-c3ccccc3)o2)c1. The molecule has 2 aromatic carbocycles. The molecule has 1 amide bonds. The van der Waals surface area contributed by atoms with Crippen LogP contribution in [0.15, 0.2) is 59.0 Å². The Balaban J connectivity index is 1.60. The van der Waals surface area contributed by atoms with Crippen molar-refractivity contribution >= 4 is 17.3 Å². The minimum absolute atomic E-state index is 0.0176. The molecular formula is C19H20N4O2. The van der Waals surface area contributed by atoms with E-state index in [1.165, 1.54) is 0 Å². The van der Waals surface area contributed by atoms with Crippen LogP contribution in [0, 0.1) is 0 Å². The van der Waals surface area contributed by atoms with Gasteiger partial charge < -0.3 is 15.1 Å². The summed E-state index contributed by atoms with van der Waals surface area (Å²) >= 11 is 0. The van der Waals surface area contributed by atoms with E-state index in [-0.39, 0.29) is 5.91 Å². The van der Waals surface area contributed by atoms with Crippen LogP contribution in [0.4, 0.5) is 11.4 Å². The maximum absolute atomic E-state index is 11.7. The summed E-state index contributed by atoms with van der Waals surface area (Å²) in [5, 5.41) is 14.2. The normalized spacial score (nSPS) is 10.4. The number of hydrogen-bond acceptors (Lipinski definition) is 5. The number of rotatable bonds is 7. The summed E-state index contributed by atoms with van der Waals surface area (Å²) in [4.78, 5) is 11.7. The quantitative estimate of drug-likeness (QED) is 0.679. The third-order valence-corrected chi connectivity index (χ3v) is 3.55. The van der Waals surface area contributed by atoms with Crippen molar-refractivity contribution in [1.29, 1.82) is 0 Å². The minimum atomic E-state index is 0.0176. The molecule has 6 heteroatoms. The molecule has 0 saturated carbocycles. The maximum atomic E-state index is 11.7. The summed E-state index contributed by atoms with van der Waals surface area (Å²) in [5.74, 6) is 1.02. The Labute approximate surface area is 146 Å². The molecule has 3 aromatic rings. The molecule has 6 nitrogen and oxygen atoms in total. The Morgan fingerprint density at radius 2 is 1.84 bits per heavy atom. The molecule has 2 N–H and O–H groups in total. The molecule has 0 saturated heterocycles. The lowest BCUT2D eigenvalue weighted by molar-refractivity contribution is -0.116. The largest absolute Gasteiger partial charge is 0.419 e. The van der Waals surface area contributed by atoms with Gasteiger partial charge in [-0.15, -0.1) is 10.2 Å².